The van der Waals surface area contributed by atoms with Gasteiger partial charge in [0.1, 0.15) is 0 Å². The second kappa shape index (κ2) is 4.79. The van der Waals surface area contributed by atoms with Gasteiger partial charge < -0.3 is 4.74 Å². The monoisotopic (exact) mass is 194 g/mol. The SMILES string of the molecule is CCC1C=CC=CC1OCC(C)(C)C. The van der Waals surface area contributed by atoms with Gasteiger partial charge in [-0.05, 0) is 11.8 Å². The lowest BCUT2D eigenvalue weighted by Gasteiger charge is -2.27. The van der Waals surface area contributed by atoms with Crippen molar-refractivity contribution in [2.45, 2.75) is 40.2 Å². The Morgan fingerprint density at radius 2 is 1.79 bits per heavy atom. The summed E-state index contributed by atoms with van der Waals surface area (Å²) in [6, 6.07) is 0. The average molecular weight is 194 g/mol. The van der Waals surface area contributed by atoms with Gasteiger partial charge in [-0.1, -0.05) is 52.0 Å². The Morgan fingerprint density at radius 3 is 2.36 bits per heavy atom. The van der Waals surface area contributed by atoms with E-state index in [1.807, 2.05) is 0 Å². The summed E-state index contributed by atoms with van der Waals surface area (Å²) in [4.78, 5) is 0. The molecule has 0 fully saturated rings. The van der Waals surface area contributed by atoms with Crippen molar-refractivity contribution in [2.75, 3.05) is 6.61 Å². The highest BCUT2D eigenvalue weighted by Gasteiger charge is 2.20. The van der Waals surface area contributed by atoms with Crippen molar-refractivity contribution in [3.8, 4) is 0 Å². The summed E-state index contributed by atoms with van der Waals surface area (Å²) in [5.74, 6) is 0.558. The molecule has 0 bridgehead atoms. The molecule has 0 spiro atoms. The standard InChI is InChI=1S/C13H22O/c1-5-11-8-6-7-9-12(11)14-10-13(2,3)4/h6-9,11-12H,5,10H2,1-4H3. The van der Waals surface area contributed by atoms with E-state index in [2.05, 4.69) is 52.0 Å². The van der Waals surface area contributed by atoms with Crippen LogP contribution in [0.3, 0.4) is 0 Å². The summed E-state index contributed by atoms with van der Waals surface area (Å²) in [5.41, 5.74) is 0.257. The topological polar surface area (TPSA) is 9.23 Å². The molecule has 0 aliphatic heterocycles. The van der Waals surface area contributed by atoms with E-state index in [0.29, 0.717) is 5.92 Å². The number of ether oxygens (including phenoxy) is 1. The van der Waals surface area contributed by atoms with Gasteiger partial charge in [-0.15, -0.1) is 0 Å². The molecule has 0 N–H and O–H groups in total. The minimum absolute atomic E-state index is 0.257. The smallest absolute Gasteiger partial charge is 0.0821 e. The van der Waals surface area contributed by atoms with Crippen LogP contribution in [0.2, 0.25) is 0 Å². The van der Waals surface area contributed by atoms with E-state index in [1.54, 1.807) is 0 Å². The Balaban J connectivity index is 2.43. The van der Waals surface area contributed by atoms with Gasteiger partial charge in [-0.2, -0.15) is 0 Å². The van der Waals surface area contributed by atoms with Crippen molar-refractivity contribution >= 4 is 0 Å². The largest absolute Gasteiger partial charge is 0.373 e. The van der Waals surface area contributed by atoms with Crippen LogP contribution in [0.15, 0.2) is 24.3 Å². The summed E-state index contributed by atoms with van der Waals surface area (Å²) in [7, 11) is 0. The fraction of sp³-hybridized carbons (Fsp3) is 0.692. The van der Waals surface area contributed by atoms with E-state index in [-0.39, 0.29) is 11.5 Å². The Morgan fingerprint density at radius 1 is 1.14 bits per heavy atom. The van der Waals surface area contributed by atoms with E-state index in [1.165, 1.54) is 0 Å². The Labute approximate surface area is 87.8 Å². The van der Waals surface area contributed by atoms with Gasteiger partial charge in [0, 0.05) is 5.92 Å². The molecule has 0 saturated heterocycles. The summed E-state index contributed by atoms with van der Waals surface area (Å²) >= 11 is 0. The summed E-state index contributed by atoms with van der Waals surface area (Å²) in [5, 5.41) is 0. The zero-order chi connectivity index (χ0) is 10.6. The molecule has 0 amide bonds. The Bertz CT molecular complexity index is 220. The maximum atomic E-state index is 5.91. The van der Waals surface area contributed by atoms with Crippen LogP contribution in [0, 0.1) is 11.3 Å². The second-order valence-electron chi connectivity index (χ2n) is 5.18. The first-order chi connectivity index (χ1) is 6.53. The van der Waals surface area contributed by atoms with Crippen LogP contribution in [-0.2, 0) is 4.74 Å². The molecule has 2 unspecified atom stereocenters. The number of allylic oxidation sites excluding steroid dienone is 2. The van der Waals surface area contributed by atoms with Crippen LogP contribution in [0.5, 0.6) is 0 Å². The van der Waals surface area contributed by atoms with Crippen LogP contribution < -0.4 is 0 Å². The van der Waals surface area contributed by atoms with Crippen molar-refractivity contribution in [3.05, 3.63) is 24.3 Å². The molecular formula is C13H22O. The Kier molecular flexibility index (Phi) is 3.94. The molecule has 0 aromatic rings. The predicted molar refractivity (Wildman–Crippen MR) is 61.3 cm³/mol. The first-order valence-electron chi connectivity index (χ1n) is 5.49. The molecule has 14 heavy (non-hydrogen) atoms. The van der Waals surface area contributed by atoms with Gasteiger partial charge in [0.25, 0.3) is 0 Å². The fourth-order valence-electron chi connectivity index (χ4n) is 1.53. The van der Waals surface area contributed by atoms with Gasteiger partial charge in [-0.25, -0.2) is 0 Å². The molecule has 1 nitrogen and oxygen atoms in total. The summed E-state index contributed by atoms with van der Waals surface area (Å²) in [6.45, 7) is 9.65. The van der Waals surface area contributed by atoms with Crippen LogP contribution in [0.25, 0.3) is 0 Å². The zero-order valence-corrected chi connectivity index (χ0v) is 9.79. The maximum absolute atomic E-state index is 5.91. The summed E-state index contributed by atoms with van der Waals surface area (Å²) < 4.78 is 5.91. The molecule has 0 radical (unpaired) electrons. The predicted octanol–water partition coefficient (Wildman–Crippen LogP) is 3.57. The molecule has 1 aliphatic rings. The first kappa shape index (κ1) is 11.5. The zero-order valence-electron chi connectivity index (χ0n) is 9.79. The lowest BCUT2D eigenvalue weighted by Crippen LogP contribution is -2.26. The number of hydrogen-bond donors (Lipinski definition) is 0. The molecule has 2 atom stereocenters. The maximum Gasteiger partial charge on any atom is 0.0821 e. The molecule has 0 saturated carbocycles. The third kappa shape index (κ3) is 3.67. The normalized spacial score (nSPS) is 26.9. The number of hydrogen-bond acceptors (Lipinski definition) is 1. The van der Waals surface area contributed by atoms with Crippen LogP contribution in [-0.4, -0.2) is 12.7 Å². The molecule has 0 heterocycles. The lowest BCUT2D eigenvalue weighted by atomic mass is 9.94. The van der Waals surface area contributed by atoms with Crippen LogP contribution in [0.4, 0.5) is 0 Å². The highest BCUT2D eigenvalue weighted by Crippen LogP contribution is 2.22. The number of rotatable bonds is 3. The second-order valence-corrected chi connectivity index (χ2v) is 5.18. The van der Waals surface area contributed by atoms with Crippen molar-refractivity contribution in [2.24, 2.45) is 11.3 Å². The van der Waals surface area contributed by atoms with Crippen molar-refractivity contribution in [3.63, 3.8) is 0 Å². The van der Waals surface area contributed by atoms with Crippen LogP contribution in [0.1, 0.15) is 34.1 Å². The average Bonchev–Trinajstić information content (AvgIpc) is 2.14. The van der Waals surface area contributed by atoms with Gasteiger partial charge in [0.15, 0.2) is 0 Å². The minimum atomic E-state index is 0.257. The van der Waals surface area contributed by atoms with Gasteiger partial charge >= 0.3 is 0 Å². The van der Waals surface area contributed by atoms with E-state index >= 15 is 0 Å². The van der Waals surface area contributed by atoms with Crippen molar-refractivity contribution in [1.82, 2.24) is 0 Å². The molecule has 1 heteroatoms. The first-order valence-corrected chi connectivity index (χ1v) is 5.49. The molecule has 0 aromatic carbocycles. The van der Waals surface area contributed by atoms with E-state index < -0.39 is 0 Å². The minimum Gasteiger partial charge on any atom is -0.373 e. The van der Waals surface area contributed by atoms with Crippen molar-refractivity contribution < 1.29 is 4.74 Å². The third-order valence-electron chi connectivity index (χ3n) is 2.37. The fourth-order valence-corrected chi connectivity index (χ4v) is 1.53. The Hall–Kier alpha value is -0.560. The molecular weight excluding hydrogens is 172 g/mol. The third-order valence-corrected chi connectivity index (χ3v) is 2.37. The van der Waals surface area contributed by atoms with Gasteiger partial charge in [0.05, 0.1) is 12.7 Å². The van der Waals surface area contributed by atoms with E-state index in [9.17, 15) is 0 Å². The quantitative estimate of drug-likeness (QED) is 0.667. The van der Waals surface area contributed by atoms with E-state index in [0.717, 1.165) is 13.0 Å². The molecule has 1 aliphatic carbocycles. The highest BCUT2D eigenvalue weighted by molar-refractivity contribution is 5.15. The van der Waals surface area contributed by atoms with E-state index in [4.69, 9.17) is 4.74 Å². The summed E-state index contributed by atoms with van der Waals surface area (Å²) in [6.07, 6.45) is 10.0. The molecule has 80 valence electrons. The highest BCUT2D eigenvalue weighted by atomic mass is 16.5. The van der Waals surface area contributed by atoms with Crippen LogP contribution >= 0.6 is 0 Å². The van der Waals surface area contributed by atoms with Gasteiger partial charge in [0.2, 0.25) is 0 Å². The lowest BCUT2D eigenvalue weighted by molar-refractivity contribution is 0.0121. The molecule has 0 aromatic heterocycles. The van der Waals surface area contributed by atoms with Crippen molar-refractivity contribution in [1.29, 1.82) is 0 Å². The molecule has 1 rings (SSSR count). The van der Waals surface area contributed by atoms with Gasteiger partial charge in [-0.3, -0.25) is 0 Å².